The first kappa shape index (κ1) is 14.5. The smallest absolute Gasteiger partial charge is 0.407 e. The Balaban J connectivity index is 2.08. The zero-order valence-electron chi connectivity index (χ0n) is 12.3. The summed E-state index contributed by atoms with van der Waals surface area (Å²) in [5.74, 6) is 0.947. The van der Waals surface area contributed by atoms with E-state index in [9.17, 15) is 4.79 Å². The van der Waals surface area contributed by atoms with Crippen LogP contribution < -0.4 is 16.0 Å². The lowest BCUT2D eigenvalue weighted by Gasteiger charge is -2.19. The van der Waals surface area contributed by atoms with Crippen LogP contribution in [0.25, 0.3) is 0 Å². The first-order chi connectivity index (χ1) is 9.56. The van der Waals surface area contributed by atoms with Crippen molar-refractivity contribution in [2.75, 3.05) is 30.8 Å². The highest BCUT2D eigenvalue weighted by molar-refractivity contribution is 5.69. The number of hydrogen-bond donors (Lipinski definition) is 2. The summed E-state index contributed by atoms with van der Waals surface area (Å²) in [6, 6.07) is 0.0892. The molecule has 1 aliphatic rings. The van der Waals surface area contributed by atoms with Crippen molar-refractivity contribution in [1.29, 1.82) is 0 Å². The van der Waals surface area contributed by atoms with Gasteiger partial charge in [0.1, 0.15) is 5.82 Å². The van der Waals surface area contributed by atoms with Crippen molar-refractivity contribution in [2.24, 2.45) is 7.05 Å². The quantitative estimate of drug-likeness (QED) is 0.856. The Morgan fingerprint density at radius 1 is 1.60 bits per heavy atom. The molecular formula is C13H23N5O2. The van der Waals surface area contributed by atoms with E-state index in [0.717, 1.165) is 49.6 Å². The number of methoxy groups -OCH3 is 1. The summed E-state index contributed by atoms with van der Waals surface area (Å²) in [6.07, 6.45) is 2.40. The predicted octanol–water partition coefficient (Wildman–Crippen LogP) is 0.890. The van der Waals surface area contributed by atoms with Gasteiger partial charge in [-0.25, -0.2) is 4.79 Å². The first-order valence-corrected chi connectivity index (χ1v) is 6.97. The molecule has 2 rings (SSSR count). The van der Waals surface area contributed by atoms with Crippen molar-refractivity contribution in [3.8, 4) is 0 Å². The summed E-state index contributed by atoms with van der Waals surface area (Å²) in [5, 5.41) is 7.31. The summed E-state index contributed by atoms with van der Waals surface area (Å²) in [5.41, 5.74) is 7.92. The minimum Gasteiger partial charge on any atom is -0.453 e. The number of nitrogens with two attached hydrogens (primary N) is 1. The molecule has 1 saturated heterocycles. The first-order valence-electron chi connectivity index (χ1n) is 6.97. The highest BCUT2D eigenvalue weighted by Crippen LogP contribution is 2.29. The zero-order chi connectivity index (χ0) is 14.7. The molecule has 0 bridgehead atoms. The molecule has 2 heterocycles. The third-order valence-electron chi connectivity index (χ3n) is 3.61. The van der Waals surface area contributed by atoms with Gasteiger partial charge in [0.2, 0.25) is 0 Å². The number of carbonyl (C=O) groups excluding carboxylic acids is 1. The van der Waals surface area contributed by atoms with Crippen molar-refractivity contribution in [3.63, 3.8) is 0 Å². The van der Waals surface area contributed by atoms with Crippen LogP contribution in [0, 0.1) is 0 Å². The Kier molecular flexibility index (Phi) is 4.36. The van der Waals surface area contributed by atoms with Crippen LogP contribution in [0.1, 0.15) is 25.5 Å². The number of nitrogens with one attached hydrogen (secondary N) is 1. The lowest BCUT2D eigenvalue weighted by molar-refractivity contribution is 0.167. The fourth-order valence-electron chi connectivity index (χ4n) is 2.68. The molecule has 112 valence electrons. The minimum absolute atomic E-state index is 0.0892. The largest absolute Gasteiger partial charge is 0.453 e. The number of alkyl carbamates (subject to hydrolysis) is 1. The number of carbonyl (C=O) groups is 1. The van der Waals surface area contributed by atoms with Gasteiger partial charge in [-0.05, 0) is 12.8 Å². The van der Waals surface area contributed by atoms with Gasteiger partial charge in [0, 0.05) is 20.1 Å². The second-order valence-electron chi connectivity index (χ2n) is 5.13. The molecule has 7 nitrogen and oxygen atoms in total. The monoisotopic (exact) mass is 281 g/mol. The van der Waals surface area contributed by atoms with Gasteiger partial charge in [0.05, 0.1) is 24.5 Å². The summed E-state index contributed by atoms with van der Waals surface area (Å²) < 4.78 is 6.46. The van der Waals surface area contributed by atoms with Gasteiger partial charge in [0.15, 0.2) is 0 Å². The number of hydrogen-bond acceptors (Lipinski definition) is 5. The predicted molar refractivity (Wildman–Crippen MR) is 77.8 cm³/mol. The summed E-state index contributed by atoms with van der Waals surface area (Å²) >= 11 is 0. The number of anilines is 2. The topological polar surface area (TPSA) is 85.4 Å². The third-order valence-corrected chi connectivity index (χ3v) is 3.61. The number of nitrogen functional groups attached to an aromatic ring is 1. The molecule has 1 aliphatic heterocycles. The van der Waals surface area contributed by atoms with E-state index >= 15 is 0 Å². The van der Waals surface area contributed by atoms with Gasteiger partial charge in [-0.2, -0.15) is 5.10 Å². The summed E-state index contributed by atoms with van der Waals surface area (Å²) in [6.45, 7) is 3.69. The molecule has 1 atom stereocenters. The van der Waals surface area contributed by atoms with Gasteiger partial charge < -0.3 is 20.7 Å². The number of ether oxygens (including phenoxy) is 1. The number of nitrogens with zero attached hydrogens (tertiary/aromatic N) is 3. The molecule has 0 aliphatic carbocycles. The molecule has 1 aromatic heterocycles. The fraction of sp³-hybridized carbons (Fsp3) is 0.692. The minimum atomic E-state index is -0.387. The van der Waals surface area contributed by atoms with Crippen molar-refractivity contribution < 1.29 is 9.53 Å². The Morgan fingerprint density at radius 3 is 3.00 bits per heavy atom. The van der Waals surface area contributed by atoms with E-state index in [1.165, 1.54) is 7.11 Å². The van der Waals surface area contributed by atoms with Crippen molar-refractivity contribution in [1.82, 2.24) is 15.1 Å². The van der Waals surface area contributed by atoms with Crippen LogP contribution in [0.2, 0.25) is 0 Å². The number of amides is 1. The SMILES string of the molecule is CCCc1nn(C)c(N2CCC(NC(=O)OC)C2)c1N. The van der Waals surface area contributed by atoms with Crippen LogP contribution in [0.15, 0.2) is 0 Å². The number of aryl methyl sites for hydroxylation is 2. The van der Waals surface area contributed by atoms with Gasteiger partial charge in [0.25, 0.3) is 0 Å². The van der Waals surface area contributed by atoms with Crippen LogP contribution in [-0.4, -0.2) is 42.1 Å². The van der Waals surface area contributed by atoms with Crippen molar-refractivity contribution in [2.45, 2.75) is 32.2 Å². The molecule has 0 aromatic carbocycles. The summed E-state index contributed by atoms with van der Waals surface area (Å²) in [4.78, 5) is 13.4. The number of rotatable bonds is 4. The fourth-order valence-corrected chi connectivity index (χ4v) is 2.68. The molecule has 20 heavy (non-hydrogen) atoms. The highest BCUT2D eigenvalue weighted by Gasteiger charge is 2.28. The molecule has 1 fully saturated rings. The van der Waals surface area contributed by atoms with Crippen LogP contribution in [0.3, 0.4) is 0 Å². The molecule has 0 spiro atoms. The van der Waals surface area contributed by atoms with E-state index in [1.54, 1.807) is 0 Å². The molecule has 1 amide bonds. The van der Waals surface area contributed by atoms with Crippen molar-refractivity contribution in [3.05, 3.63) is 5.69 Å². The average molecular weight is 281 g/mol. The Bertz CT molecular complexity index is 485. The maximum atomic E-state index is 11.2. The van der Waals surface area contributed by atoms with Crippen LogP contribution in [-0.2, 0) is 18.2 Å². The standard InChI is InChI=1S/C13H23N5O2/c1-4-5-10-11(14)12(17(2)16-10)18-7-6-9(8-18)15-13(19)20-3/h9H,4-8,14H2,1-3H3,(H,15,19). The van der Waals surface area contributed by atoms with Crippen LogP contribution >= 0.6 is 0 Å². The van der Waals surface area contributed by atoms with Gasteiger partial charge in [-0.15, -0.1) is 0 Å². The molecule has 7 heteroatoms. The van der Waals surface area contributed by atoms with E-state index < -0.39 is 0 Å². The Morgan fingerprint density at radius 2 is 2.35 bits per heavy atom. The molecule has 1 unspecified atom stereocenters. The molecule has 0 saturated carbocycles. The average Bonchev–Trinajstić information content (AvgIpc) is 2.96. The molecule has 1 aromatic rings. The van der Waals surface area contributed by atoms with E-state index in [1.807, 2.05) is 11.7 Å². The van der Waals surface area contributed by atoms with E-state index in [-0.39, 0.29) is 12.1 Å². The lowest BCUT2D eigenvalue weighted by Crippen LogP contribution is -2.37. The maximum Gasteiger partial charge on any atom is 0.407 e. The molecular weight excluding hydrogens is 258 g/mol. The maximum absolute atomic E-state index is 11.2. The Hall–Kier alpha value is -1.92. The van der Waals surface area contributed by atoms with Crippen LogP contribution in [0.5, 0.6) is 0 Å². The molecule has 0 radical (unpaired) electrons. The van der Waals surface area contributed by atoms with Gasteiger partial charge >= 0.3 is 6.09 Å². The Labute approximate surface area is 119 Å². The molecule has 3 N–H and O–H groups in total. The summed E-state index contributed by atoms with van der Waals surface area (Å²) in [7, 11) is 3.28. The van der Waals surface area contributed by atoms with E-state index in [4.69, 9.17) is 5.73 Å². The van der Waals surface area contributed by atoms with Crippen molar-refractivity contribution >= 4 is 17.6 Å². The van der Waals surface area contributed by atoms with Crippen LogP contribution in [0.4, 0.5) is 16.3 Å². The normalized spacial score (nSPS) is 18.4. The number of aromatic nitrogens is 2. The van der Waals surface area contributed by atoms with E-state index in [2.05, 4.69) is 27.0 Å². The second kappa shape index (κ2) is 6.02. The second-order valence-corrected chi connectivity index (χ2v) is 5.13. The zero-order valence-corrected chi connectivity index (χ0v) is 12.3. The highest BCUT2D eigenvalue weighted by atomic mass is 16.5. The third kappa shape index (κ3) is 2.81. The van der Waals surface area contributed by atoms with Gasteiger partial charge in [-0.3, -0.25) is 4.68 Å². The van der Waals surface area contributed by atoms with Gasteiger partial charge in [-0.1, -0.05) is 13.3 Å². The lowest BCUT2D eigenvalue weighted by atomic mass is 10.2. The van der Waals surface area contributed by atoms with E-state index in [0.29, 0.717) is 0 Å².